The van der Waals surface area contributed by atoms with Crippen LogP contribution in [-0.2, 0) is 9.53 Å². The highest BCUT2D eigenvalue weighted by Crippen LogP contribution is 2.27. The lowest BCUT2D eigenvalue weighted by Crippen LogP contribution is -2.39. The van der Waals surface area contributed by atoms with Crippen molar-refractivity contribution in [2.75, 3.05) is 0 Å². The quantitative estimate of drug-likeness (QED) is 0.761. The highest BCUT2D eigenvalue weighted by Gasteiger charge is 2.31. The zero-order valence-corrected chi connectivity index (χ0v) is 11.3. The van der Waals surface area contributed by atoms with E-state index in [9.17, 15) is 9.59 Å². The van der Waals surface area contributed by atoms with Gasteiger partial charge in [-0.05, 0) is 46.0 Å². The molecule has 0 spiro atoms. The van der Waals surface area contributed by atoms with Gasteiger partial charge in [-0.1, -0.05) is 6.92 Å². The van der Waals surface area contributed by atoms with Crippen LogP contribution in [0.1, 0.15) is 52.9 Å². The molecule has 1 fully saturated rings. The van der Waals surface area contributed by atoms with Crippen LogP contribution in [0.15, 0.2) is 0 Å². The van der Waals surface area contributed by atoms with E-state index in [1.165, 1.54) is 0 Å². The minimum absolute atomic E-state index is 0.00647. The molecule has 5 nitrogen and oxygen atoms in total. The monoisotopic (exact) mass is 259 g/mol. The van der Waals surface area contributed by atoms with E-state index >= 15 is 0 Å². The summed E-state index contributed by atoms with van der Waals surface area (Å²) in [5.74, 6) is -0.156. The van der Waals surface area contributed by atoms with Gasteiger partial charge in [-0.3, -0.25) is 4.79 Å². The molecule has 0 aromatic carbocycles. The average Bonchev–Trinajstić information content (AvgIpc) is 2.40. The fraction of sp³-hybridized carbons (Fsp3) is 0.846. The fourth-order valence-corrected chi connectivity index (χ4v) is 1.95. The Bertz CT molecular complexity index is 325. The first-order valence-corrected chi connectivity index (χ1v) is 6.53. The van der Waals surface area contributed by atoms with Gasteiger partial charge in [-0.2, -0.15) is 0 Å². The Balaban J connectivity index is 2.34. The van der Waals surface area contributed by atoms with Crippen LogP contribution in [0.4, 0.5) is 4.79 Å². The second-order valence-corrected chi connectivity index (χ2v) is 5.55. The lowest BCUT2D eigenvalue weighted by molar-refractivity contribution is -0.161. The van der Waals surface area contributed by atoms with Gasteiger partial charge in [-0.25, -0.2) is 4.79 Å². The van der Waals surface area contributed by atoms with Gasteiger partial charge in [0.15, 0.2) is 0 Å². The first-order chi connectivity index (χ1) is 8.89. The summed E-state index contributed by atoms with van der Waals surface area (Å²) in [5, 5.41) is 6.41. The van der Waals surface area contributed by atoms with E-state index in [4.69, 9.17) is 6.17 Å². The van der Waals surface area contributed by atoms with Crippen LogP contribution in [0.2, 0.25) is 0 Å². The van der Waals surface area contributed by atoms with Crippen LogP contribution in [0.3, 0.4) is 0 Å². The highest BCUT2D eigenvalue weighted by molar-refractivity contribution is 5.76. The third-order valence-electron chi connectivity index (χ3n) is 3.71. The summed E-state index contributed by atoms with van der Waals surface area (Å²) in [6.45, 7) is 5.73. The highest BCUT2D eigenvalue weighted by atomic mass is 16.5. The molecule has 1 aliphatic carbocycles. The molecular weight excluding hydrogens is 234 g/mol. The third-order valence-corrected chi connectivity index (χ3v) is 3.71. The number of rotatable bonds is 4. The van der Waals surface area contributed by atoms with Crippen molar-refractivity contribution in [3.63, 3.8) is 0 Å². The van der Waals surface area contributed by atoms with Gasteiger partial charge < -0.3 is 15.2 Å². The van der Waals surface area contributed by atoms with Crippen molar-refractivity contribution in [1.29, 1.82) is 1.43 Å². The molecule has 0 aromatic rings. The van der Waals surface area contributed by atoms with Crippen LogP contribution < -0.4 is 5.32 Å². The van der Waals surface area contributed by atoms with E-state index in [0.717, 1.165) is 32.1 Å². The van der Waals surface area contributed by atoms with Crippen molar-refractivity contribution in [3.8, 4) is 0 Å². The summed E-state index contributed by atoms with van der Waals surface area (Å²) in [7, 11) is 0. The van der Waals surface area contributed by atoms with Gasteiger partial charge in [0.2, 0.25) is 0 Å². The standard InChI is InChI=1S/C13H23NO4/c1-4-13(2,3)11(15)18-10-7-5-9(6-8-10)14-12(16)17/h9-10,14H,4-8H2,1-3H3,(H,16,17)/i/hT. The zero-order valence-electron chi connectivity index (χ0n) is 12.3. The SMILES string of the molecule is [3H]OC(=O)NC1CCC(OC(=O)C(C)(C)CC)CC1. The number of hydrogen-bond donors (Lipinski definition) is 2. The molecule has 0 unspecified atom stereocenters. The maximum absolute atomic E-state index is 11.9. The number of esters is 1. The second kappa shape index (κ2) is 6.07. The molecule has 0 bridgehead atoms. The Kier molecular flexibility index (Phi) is 4.44. The molecule has 1 aliphatic rings. The van der Waals surface area contributed by atoms with Crippen LogP contribution in [-0.4, -0.2) is 29.3 Å². The summed E-state index contributed by atoms with van der Waals surface area (Å²) < 4.78 is 12.0. The Morgan fingerprint density at radius 1 is 1.39 bits per heavy atom. The van der Waals surface area contributed by atoms with Gasteiger partial charge in [0, 0.05) is 6.04 Å². The number of carbonyl (C=O) groups is 2. The lowest BCUT2D eigenvalue weighted by atomic mass is 9.89. The molecule has 0 heterocycles. The Hall–Kier alpha value is -1.26. The molecule has 1 amide bonds. The average molecular weight is 259 g/mol. The van der Waals surface area contributed by atoms with E-state index in [1.54, 1.807) is 0 Å². The molecule has 1 rings (SSSR count). The molecule has 0 radical (unpaired) electrons. The van der Waals surface area contributed by atoms with Crippen molar-refractivity contribution in [3.05, 3.63) is 0 Å². The fourth-order valence-electron chi connectivity index (χ4n) is 1.95. The molecule has 0 atom stereocenters. The molecule has 2 N–H and O–H groups in total. The van der Waals surface area contributed by atoms with Gasteiger partial charge in [0.1, 0.15) is 6.10 Å². The second-order valence-electron chi connectivity index (χ2n) is 5.55. The number of carbonyl (C=O) groups excluding carboxylic acids is 1. The van der Waals surface area contributed by atoms with Crippen molar-refractivity contribution >= 4 is 12.1 Å². The number of nitrogens with one attached hydrogen (secondary N) is 1. The van der Waals surface area contributed by atoms with Gasteiger partial charge in [-0.15, -0.1) is 0 Å². The molecule has 0 aliphatic heterocycles. The minimum atomic E-state index is -0.729. The summed E-state index contributed by atoms with van der Waals surface area (Å²) in [6, 6.07) is 0.00647. The van der Waals surface area contributed by atoms with Crippen LogP contribution in [0, 0.1) is 5.41 Å². The number of carboxylic acid groups (broad SMARTS) is 1. The topological polar surface area (TPSA) is 75.6 Å². The van der Waals surface area contributed by atoms with Crippen LogP contribution in [0.5, 0.6) is 0 Å². The van der Waals surface area contributed by atoms with Crippen LogP contribution in [0.25, 0.3) is 1.43 Å². The first-order valence-electron chi connectivity index (χ1n) is 6.94. The molecule has 104 valence electrons. The molecule has 1 saturated carbocycles. The minimum Gasteiger partial charge on any atom is -0.465 e. The van der Waals surface area contributed by atoms with E-state index in [-0.39, 0.29) is 18.1 Å². The third kappa shape index (κ3) is 4.20. The first kappa shape index (κ1) is 13.2. The predicted molar refractivity (Wildman–Crippen MR) is 67.4 cm³/mol. The summed E-state index contributed by atoms with van der Waals surface area (Å²) in [4.78, 5) is 22.8. The van der Waals surface area contributed by atoms with E-state index in [0.29, 0.717) is 0 Å². The summed E-state index contributed by atoms with van der Waals surface area (Å²) in [6.07, 6.45) is 2.89. The number of ether oxygens (including phenoxy) is 1. The van der Waals surface area contributed by atoms with E-state index < -0.39 is 11.5 Å². The summed E-state index contributed by atoms with van der Waals surface area (Å²) >= 11 is 0. The van der Waals surface area contributed by atoms with Gasteiger partial charge in [0.25, 0.3) is 1.43 Å². The Morgan fingerprint density at radius 3 is 2.50 bits per heavy atom. The molecule has 0 aromatic heterocycles. The van der Waals surface area contributed by atoms with Crippen molar-refractivity contribution in [2.45, 2.75) is 65.0 Å². The van der Waals surface area contributed by atoms with Crippen molar-refractivity contribution < 1.29 is 19.4 Å². The maximum Gasteiger partial charge on any atom is 0.404 e. The molecular formula is C13H23NO4. The predicted octanol–water partition coefficient (Wildman–Crippen LogP) is 2.54. The summed E-state index contributed by atoms with van der Waals surface area (Å²) in [5.41, 5.74) is -0.440. The normalized spacial score (nSPS) is 24.9. The van der Waals surface area contributed by atoms with Gasteiger partial charge in [0.05, 0.1) is 5.41 Å². The number of amides is 1. The molecule has 18 heavy (non-hydrogen) atoms. The zero-order chi connectivity index (χ0) is 14.5. The largest absolute Gasteiger partial charge is 0.465 e. The van der Waals surface area contributed by atoms with Crippen molar-refractivity contribution in [1.82, 2.24) is 5.32 Å². The van der Waals surface area contributed by atoms with Crippen molar-refractivity contribution in [2.24, 2.45) is 5.41 Å². The lowest BCUT2D eigenvalue weighted by Gasteiger charge is -2.30. The van der Waals surface area contributed by atoms with Crippen LogP contribution >= 0.6 is 0 Å². The number of hydrogen-bond acceptors (Lipinski definition) is 4. The molecule has 5 heteroatoms. The Labute approximate surface area is 109 Å². The Morgan fingerprint density at radius 2 is 2.00 bits per heavy atom. The van der Waals surface area contributed by atoms with E-state index in [1.807, 2.05) is 20.8 Å². The molecule has 0 saturated heterocycles. The smallest absolute Gasteiger partial charge is 0.404 e. The van der Waals surface area contributed by atoms with E-state index in [2.05, 4.69) is 10.4 Å². The maximum atomic E-state index is 11.9. The van der Waals surface area contributed by atoms with Gasteiger partial charge >= 0.3 is 12.1 Å².